The van der Waals surface area contributed by atoms with Gasteiger partial charge in [-0.1, -0.05) is 24.3 Å². The number of sulfone groups is 1. The maximum atomic E-state index is 13.7. The first-order chi connectivity index (χ1) is 14.8. The lowest BCUT2D eigenvalue weighted by Gasteiger charge is -2.14. The van der Waals surface area contributed by atoms with Crippen molar-refractivity contribution in [1.82, 2.24) is 25.8 Å². The van der Waals surface area contributed by atoms with Crippen molar-refractivity contribution in [3.8, 4) is 11.4 Å². The van der Waals surface area contributed by atoms with E-state index in [-0.39, 0.29) is 12.3 Å². The van der Waals surface area contributed by atoms with Crippen LogP contribution in [-0.2, 0) is 28.7 Å². The molecule has 8 nitrogen and oxygen atoms in total. The Labute approximate surface area is 181 Å². The molecule has 3 N–H and O–H groups in total. The van der Waals surface area contributed by atoms with Crippen LogP contribution < -0.4 is 10.6 Å². The van der Waals surface area contributed by atoms with E-state index in [0.29, 0.717) is 36.0 Å². The first kappa shape index (κ1) is 22.4. The summed E-state index contributed by atoms with van der Waals surface area (Å²) in [5.74, 6) is 0.662. The summed E-state index contributed by atoms with van der Waals surface area (Å²) in [6, 6.07) is 11.9. The summed E-state index contributed by atoms with van der Waals surface area (Å²) < 4.78 is 37.1. The summed E-state index contributed by atoms with van der Waals surface area (Å²) in [5, 5.41) is 13.0. The molecular weight excluding hydrogens is 419 g/mol. The van der Waals surface area contributed by atoms with Gasteiger partial charge in [0.2, 0.25) is 0 Å². The number of guanidine groups is 1. The van der Waals surface area contributed by atoms with E-state index >= 15 is 0 Å². The fourth-order valence-electron chi connectivity index (χ4n) is 3.03. The number of nitrogens with one attached hydrogen (secondary N) is 3. The zero-order valence-electron chi connectivity index (χ0n) is 17.4. The Hall–Kier alpha value is -3.27. The Morgan fingerprint density at radius 2 is 2.00 bits per heavy atom. The molecule has 164 valence electrons. The summed E-state index contributed by atoms with van der Waals surface area (Å²) in [6.45, 7) is 3.24. The molecule has 31 heavy (non-hydrogen) atoms. The molecule has 0 bridgehead atoms. The number of aliphatic imine (C=N–C) groups is 1. The molecule has 3 rings (SSSR count). The van der Waals surface area contributed by atoms with Gasteiger partial charge in [-0.15, -0.1) is 0 Å². The minimum Gasteiger partial charge on any atom is -0.357 e. The number of hydrogen-bond donors (Lipinski definition) is 3. The van der Waals surface area contributed by atoms with Gasteiger partial charge in [0.05, 0.1) is 12.3 Å². The standard InChI is InChI=1S/C21H25FN6O2S/c1-3-23-21(24-11-15-5-4-6-16(9-15)20-26-14-27-28-20)25-12-18-10-19(22)8-7-17(18)13-31(2,29)30/h4-10,14H,3,11-13H2,1-2H3,(H2,23,24,25)(H,26,27,28). The van der Waals surface area contributed by atoms with E-state index in [2.05, 4.69) is 30.8 Å². The molecule has 1 aromatic heterocycles. The van der Waals surface area contributed by atoms with Crippen molar-refractivity contribution in [3.05, 3.63) is 71.3 Å². The normalized spacial score (nSPS) is 12.0. The van der Waals surface area contributed by atoms with E-state index in [9.17, 15) is 12.8 Å². The third kappa shape index (κ3) is 6.88. The molecular formula is C21H25FN6O2S. The quantitative estimate of drug-likeness (QED) is 0.363. The summed E-state index contributed by atoms with van der Waals surface area (Å²) in [6.07, 6.45) is 2.61. The van der Waals surface area contributed by atoms with Gasteiger partial charge in [0.1, 0.15) is 12.1 Å². The second-order valence-electron chi connectivity index (χ2n) is 7.07. The highest BCUT2D eigenvalue weighted by Crippen LogP contribution is 2.16. The third-order valence-electron chi connectivity index (χ3n) is 4.41. The maximum Gasteiger partial charge on any atom is 0.191 e. The summed E-state index contributed by atoms with van der Waals surface area (Å²) in [7, 11) is -3.24. The molecule has 0 aliphatic rings. The number of hydrogen-bond acceptors (Lipinski definition) is 5. The Bertz CT molecular complexity index is 1150. The van der Waals surface area contributed by atoms with Gasteiger partial charge in [0.25, 0.3) is 0 Å². The van der Waals surface area contributed by atoms with E-state index in [0.717, 1.165) is 17.4 Å². The maximum absolute atomic E-state index is 13.7. The van der Waals surface area contributed by atoms with Crippen molar-refractivity contribution in [2.45, 2.75) is 25.8 Å². The zero-order chi connectivity index (χ0) is 22.3. The Morgan fingerprint density at radius 3 is 2.71 bits per heavy atom. The minimum absolute atomic E-state index is 0.146. The first-order valence-electron chi connectivity index (χ1n) is 9.76. The van der Waals surface area contributed by atoms with Gasteiger partial charge in [-0.05, 0) is 41.8 Å². The van der Waals surface area contributed by atoms with Crippen LogP contribution in [0.2, 0.25) is 0 Å². The van der Waals surface area contributed by atoms with Crippen LogP contribution in [0.5, 0.6) is 0 Å². The lowest BCUT2D eigenvalue weighted by atomic mass is 10.1. The molecule has 0 aliphatic heterocycles. The van der Waals surface area contributed by atoms with E-state index < -0.39 is 15.7 Å². The molecule has 10 heteroatoms. The van der Waals surface area contributed by atoms with Gasteiger partial charge in [-0.25, -0.2) is 22.8 Å². The fraction of sp³-hybridized carbons (Fsp3) is 0.286. The van der Waals surface area contributed by atoms with Gasteiger partial charge in [-0.3, -0.25) is 5.10 Å². The summed E-state index contributed by atoms with van der Waals surface area (Å²) in [5.41, 5.74) is 3.03. The number of aromatic nitrogens is 3. The van der Waals surface area contributed by atoms with Crippen LogP contribution >= 0.6 is 0 Å². The highest BCUT2D eigenvalue weighted by molar-refractivity contribution is 7.89. The summed E-state index contributed by atoms with van der Waals surface area (Å²) in [4.78, 5) is 8.74. The SMILES string of the molecule is CCNC(=NCc1cccc(-c2ncn[nH]2)c1)NCc1cc(F)ccc1CS(C)(=O)=O. The Kier molecular flexibility index (Phi) is 7.35. The van der Waals surface area contributed by atoms with Gasteiger partial charge in [0, 0.05) is 24.9 Å². The topological polar surface area (TPSA) is 112 Å². The molecule has 1 heterocycles. The molecule has 2 aromatic carbocycles. The van der Waals surface area contributed by atoms with Gasteiger partial charge >= 0.3 is 0 Å². The molecule has 0 saturated carbocycles. The number of benzene rings is 2. The smallest absolute Gasteiger partial charge is 0.191 e. The Morgan fingerprint density at radius 1 is 1.16 bits per heavy atom. The Balaban J connectivity index is 1.73. The van der Waals surface area contributed by atoms with Crippen molar-refractivity contribution >= 4 is 15.8 Å². The molecule has 0 spiro atoms. The fourth-order valence-corrected chi connectivity index (χ4v) is 3.88. The van der Waals surface area contributed by atoms with Crippen LogP contribution in [0.15, 0.2) is 53.8 Å². The third-order valence-corrected chi connectivity index (χ3v) is 5.25. The predicted octanol–water partition coefficient (Wildman–Crippen LogP) is 2.41. The molecule has 0 radical (unpaired) electrons. The van der Waals surface area contributed by atoms with Crippen LogP contribution in [0.1, 0.15) is 23.6 Å². The largest absolute Gasteiger partial charge is 0.357 e. The van der Waals surface area contributed by atoms with Crippen molar-refractivity contribution in [3.63, 3.8) is 0 Å². The van der Waals surface area contributed by atoms with E-state index in [4.69, 9.17) is 0 Å². The van der Waals surface area contributed by atoms with Crippen molar-refractivity contribution in [1.29, 1.82) is 0 Å². The van der Waals surface area contributed by atoms with Gasteiger partial charge in [0.15, 0.2) is 21.6 Å². The van der Waals surface area contributed by atoms with Crippen LogP contribution in [0.25, 0.3) is 11.4 Å². The lowest BCUT2D eigenvalue weighted by Crippen LogP contribution is -2.37. The van der Waals surface area contributed by atoms with Crippen LogP contribution in [0.3, 0.4) is 0 Å². The molecule has 0 amide bonds. The van der Waals surface area contributed by atoms with E-state index in [1.807, 2.05) is 31.2 Å². The van der Waals surface area contributed by atoms with Crippen LogP contribution in [-0.4, -0.2) is 42.4 Å². The summed E-state index contributed by atoms with van der Waals surface area (Å²) >= 11 is 0. The molecule has 0 unspecified atom stereocenters. The first-order valence-corrected chi connectivity index (χ1v) is 11.8. The number of aromatic amines is 1. The molecule has 0 fully saturated rings. The van der Waals surface area contributed by atoms with Gasteiger partial charge < -0.3 is 10.6 Å². The average Bonchev–Trinajstić information content (AvgIpc) is 3.26. The zero-order valence-corrected chi connectivity index (χ0v) is 18.2. The van der Waals surface area contributed by atoms with Crippen molar-refractivity contribution in [2.24, 2.45) is 4.99 Å². The van der Waals surface area contributed by atoms with Crippen molar-refractivity contribution < 1.29 is 12.8 Å². The number of nitrogens with zero attached hydrogens (tertiary/aromatic N) is 3. The van der Waals surface area contributed by atoms with Crippen LogP contribution in [0.4, 0.5) is 4.39 Å². The monoisotopic (exact) mass is 444 g/mol. The number of H-pyrrole nitrogens is 1. The van der Waals surface area contributed by atoms with Crippen molar-refractivity contribution in [2.75, 3.05) is 12.8 Å². The number of halogens is 1. The highest BCUT2D eigenvalue weighted by Gasteiger charge is 2.11. The predicted molar refractivity (Wildman–Crippen MR) is 118 cm³/mol. The second kappa shape index (κ2) is 10.2. The minimum atomic E-state index is -3.24. The molecule has 3 aromatic rings. The number of rotatable bonds is 8. The molecule has 0 saturated heterocycles. The van der Waals surface area contributed by atoms with Crippen LogP contribution in [0, 0.1) is 5.82 Å². The lowest BCUT2D eigenvalue weighted by molar-refractivity contribution is 0.599. The highest BCUT2D eigenvalue weighted by atomic mass is 32.2. The van der Waals surface area contributed by atoms with Gasteiger partial charge in [-0.2, -0.15) is 5.10 Å². The van der Waals surface area contributed by atoms with E-state index in [1.165, 1.54) is 24.5 Å². The molecule has 0 atom stereocenters. The van der Waals surface area contributed by atoms with E-state index in [1.54, 1.807) is 0 Å². The second-order valence-corrected chi connectivity index (χ2v) is 9.21. The molecule has 0 aliphatic carbocycles. The average molecular weight is 445 g/mol.